The van der Waals surface area contributed by atoms with E-state index in [9.17, 15) is 9.59 Å². The fourth-order valence-electron chi connectivity index (χ4n) is 1.78. The van der Waals surface area contributed by atoms with Crippen LogP contribution >= 0.6 is 0 Å². The van der Waals surface area contributed by atoms with E-state index in [4.69, 9.17) is 9.52 Å². The van der Waals surface area contributed by atoms with Gasteiger partial charge in [0.15, 0.2) is 5.58 Å². The largest absolute Gasteiger partial charge is 0.481 e. The van der Waals surface area contributed by atoms with Crippen LogP contribution in [-0.2, 0) is 11.3 Å². The summed E-state index contributed by atoms with van der Waals surface area (Å²) in [6.07, 6.45) is 0.583. The highest BCUT2D eigenvalue weighted by Crippen LogP contribution is 2.12. The molecule has 0 radical (unpaired) electrons. The number of H-pyrrole nitrogens is 1. The second kappa shape index (κ2) is 5.71. The Labute approximate surface area is 109 Å². The third-order valence-corrected chi connectivity index (χ3v) is 2.99. The van der Waals surface area contributed by atoms with Gasteiger partial charge in [0.05, 0.1) is 11.4 Å². The highest BCUT2D eigenvalue weighted by atomic mass is 16.4. The molecule has 1 aromatic heterocycles. The molecular formula is C13H16N2O4. The topological polar surface area (TPSA) is 95.3 Å². The average molecular weight is 264 g/mol. The molecule has 2 rings (SSSR count). The summed E-state index contributed by atoms with van der Waals surface area (Å²) in [5.41, 5.74) is 2.21. The lowest BCUT2D eigenvalue weighted by molar-refractivity contribution is -0.141. The molecule has 1 heterocycles. The number of carboxylic acids is 1. The van der Waals surface area contributed by atoms with Crippen LogP contribution in [0.25, 0.3) is 11.1 Å². The molecule has 0 saturated heterocycles. The first kappa shape index (κ1) is 13.4. The van der Waals surface area contributed by atoms with Crippen molar-refractivity contribution in [3.05, 3.63) is 34.3 Å². The Bertz CT molecular complexity index is 629. The van der Waals surface area contributed by atoms with Crippen LogP contribution in [0.15, 0.2) is 27.4 Å². The summed E-state index contributed by atoms with van der Waals surface area (Å²) in [4.78, 5) is 24.2. The molecule has 19 heavy (non-hydrogen) atoms. The smallest absolute Gasteiger partial charge is 0.417 e. The number of fused-ring (bicyclic) bond motifs is 1. The second-order valence-electron chi connectivity index (χ2n) is 4.55. The van der Waals surface area contributed by atoms with Gasteiger partial charge in [-0.25, -0.2) is 4.79 Å². The molecule has 0 aliphatic rings. The van der Waals surface area contributed by atoms with Crippen LogP contribution in [0.3, 0.4) is 0 Å². The highest BCUT2D eigenvalue weighted by Gasteiger charge is 2.09. The Kier molecular flexibility index (Phi) is 4.01. The number of aliphatic carboxylic acids is 1. The highest BCUT2D eigenvalue weighted by molar-refractivity contribution is 5.72. The van der Waals surface area contributed by atoms with E-state index in [1.807, 2.05) is 12.1 Å². The summed E-state index contributed by atoms with van der Waals surface area (Å²) >= 11 is 0. The van der Waals surface area contributed by atoms with Gasteiger partial charge in [0.25, 0.3) is 0 Å². The Morgan fingerprint density at radius 1 is 1.53 bits per heavy atom. The maximum atomic E-state index is 11.0. The molecule has 0 saturated carbocycles. The molecule has 3 N–H and O–H groups in total. The van der Waals surface area contributed by atoms with Crippen molar-refractivity contribution in [2.45, 2.75) is 19.9 Å². The molecule has 1 aromatic carbocycles. The van der Waals surface area contributed by atoms with E-state index in [1.165, 1.54) is 0 Å². The van der Waals surface area contributed by atoms with Crippen molar-refractivity contribution in [1.29, 1.82) is 0 Å². The van der Waals surface area contributed by atoms with Crippen molar-refractivity contribution in [3.63, 3.8) is 0 Å². The van der Waals surface area contributed by atoms with Gasteiger partial charge >= 0.3 is 11.7 Å². The lowest BCUT2D eigenvalue weighted by atomic mass is 10.1. The van der Waals surface area contributed by atoms with Crippen LogP contribution in [0.4, 0.5) is 0 Å². The van der Waals surface area contributed by atoms with Crippen molar-refractivity contribution >= 4 is 17.1 Å². The monoisotopic (exact) mass is 264 g/mol. The molecule has 0 fully saturated rings. The van der Waals surface area contributed by atoms with Gasteiger partial charge in [0.1, 0.15) is 0 Å². The number of carboxylic acid groups (broad SMARTS) is 1. The van der Waals surface area contributed by atoms with Gasteiger partial charge in [-0.2, -0.15) is 0 Å². The number of aromatic nitrogens is 1. The second-order valence-corrected chi connectivity index (χ2v) is 4.55. The van der Waals surface area contributed by atoms with E-state index >= 15 is 0 Å². The van der Waals surface area contributed by atoms with Gasteiger partial charge < -0.3 is 14.8 Å². The van der Waals surface area contributed by atoms with Crippen LogP contribution in [0.2, 0.25) is 0 Å². The number of rotatable bonds is 6. The zero-order chi connectivity index (χ0) is 13.8. The van der Waals surface area contributed by atoms with Crippen molar-refractivity contribution in [2.75, 3.05) is 6.54 Å². The molecule has 0 aliphatic carbocycles. The Hall–Kier alpha value is -2.08. The van der Waals surface area contributed by atoms with Crippen molar-refractivity contribution in [1.82, 2.24) is 10.3 Å². The Morgan fingerprint density at radius 2 is 2.32 bits per heavy atom. The Balaban J connectivity index is 1.88. The third-order valence-electron chi connectivity index (χ3n) is 2.99. The fraction of sp³-hybridized carbons (Fsp3) is 0.385. The van der Waals surface area contributed by atoms with Gasteiger partial charge in [-0.15, -0.1) is 0 Å². The van der Waals surface area contributed by atoms with Gasteiger partial charge in [0.2, 0.25) is 0 Å². The summed E-state index contributed by atoms with van der Waals surface area (Å²) in [5.74, 6) is -1.59. The molecule has 102 valence electrons. The molecule has 0 amide bonds. The summed E-state index contributed by atoms with van der Waals surface area (Å²) in [6.45, 7) is 2.94. The van der Waals surface area contributed by atoms with Crippen molar-refractivity contribution in [3.8, 4) is 0 Å². The number of benzene rings is 1. The zero-order valence-corrected chi connectivity index (χ0v) is 10.6. The van der Waals surface area contributed by atoms with Gasteiger partial charge in [-0.3, -0.25) is 9.78 Å². The van der Waals surface area contributed by atoms with Gasteiger partial charge in [-0.05, 0) is 30.7 Å². The Morgan fingerprint density at radius 3 is 3.05 bits per heavy atom. The van der Waals surface area contributed by atoms with Crippen LogP contribution in [-0.4, -0.2) is 22.6 Å². The third kappa shape index (κ3) is 3.45. The number of hydrogen-bond acceptors (Lipinski definition) is 4. The molecule has 0 aliphatic heterocycles. The molecule has 0 bridgehead atoms. The molecule has 1 atom stereocenters. The number of oxazole rings is 1. The molecule has 6 nitrogen and oxygen atoms in total. The lowest BCUT2D eigenvalue weighted by Gasteiger charge is -2.07. The molecular weight excluding hydrogens is 248 g/mol. The average Bonchev–Trinajstić information content (AvgIpc) is 2.73. The fourth-order valence-corrected chi connectivity index (χ4v) is 1.78. The molecule has 2 aromatic rings. The van der Waals surface area contributed by atoms with E-state index in [1.54, 1.807) is 13.0 Å². The number of hydrogen-bond donors (Lipinski definition) is 3. The molecule has 0 spiro atoms. The lowest BCUT2D eigenvalue weighted by Crippen LogP contribution is -2.20. The van der Waals surface area contributed by atoms with E-state index in [0.29, 0.717) is 30.6 Å². The van der Waals surface area contributed by atoms with Gasteiger partial charge in [0, 0.05) is 6.54 Å². The normalized spacial score (nSPS) is 12.7. The van der Waals surface area contributed by atoms with Gasteiger partial charge in [-0.1, -0.05) is 13.0 Å². The first-order valence-corrected chi connectivity index (χ1v) is 6.11. The van der Waals surface area contributed by atoms with E-state index in [-0.39, 0.29) is 5.92 Å². The first-order valence-electron chi connectivity index (χ1n) is 6.11. The van der Waals surface area contributed by atoms with Crippen LogP contribution < -0.4 is 11.1 Å². The minimum Gasteiger partial charge on any atom is -0.481 e. The first-order chi connectivity index (χ1) is 9.06. The number of carbonyl (C=O) groups is 1. The molecule has 1 unspecified atom stereocenters. The number of aromatic amines is 1. The summed E-state index contributed by atoms with van der Waals surface area (Å²) in [6, 6.07) is 5.45. The predicted octanol–water partition coefficient (Wildman–Crippen LogP) is 1.32. The van der Waals surface area contributed by atoms with E-state index < -0.39 is 11.7 Å². The maximum absolute atomic E-state index is 11.0. The minimum absolute atomic E-state index is 0.347. The minimum atomic E-state index is -0.779. The van der Waals surface area contributed by atoms with Crippen LogP contribution in [0, 0.1) is 5.92 Å². The standard InChI is InChI=1S/C13H16N2O4/c1-8(12(16)17)4-5-14-7-9-2-3-11-10(6-9)15-13(18)19-11/h2-3,6,8,14H,4-5,7H2,1H3,(H,15,18)(H,16,17). The quantitative estimate of drug-likeness (QED) is 0.684. The number of nitrogens with one attached hydrogen (secondary N) is 2. The maximum Gasteiger partial charge on any atom is 0.417 e. The zero-order valence-electron chi connectivity index (χ0n) is 10.6. The van der Waals surface area contributed by atoms with E-state index in [2.05, 4.69) is 10.3 Å². The van der Waals surface area contributed by atoms with Crippen LogP contribution in [0.1, 0.15) is 18.9 Å². The SMILES string of the molecule is CC(CCNCc1ccc2oc(=O)[nH]c2c1)C(=O)O. The summed E-state index contributed by atoms with van der Waals surface area (Å²) in [5, 5.41) is 11.9. The predicted molar refractivity (Wildman–Crippen MR) is 70.0 cm³/mol. The summed E-state index contributed by atoms with van der Waals surface area (Å²) < 4.78 is 4.91. The van der Waals surface area contributed by atoms with E-state index in [0.717, 1.165) is 5.56 Å². The van der Waals surface area contributed by atoms with Crippen molar-refractivity contribution in [2.24, 2.45) is 5.92 Å². The summed E-state index contributed by atoms with van der Waals surface area (Å²) in [7, 11) is 0. The van der Waals surface area contributed by atoms with Crippen molar-refractivity contribution < 1.29 is 14.3 Å². The molecule has 6 heteroatoms. The van der Waals surface area contributed by atoms with Crippen LogP contribution in [0.5, 0.6) is 0 Å².